The van der Waals surface area contributed by atoms with Gasteiger partial charge < -0.3 is 25.7 Å². The summed E-state index contributed by atoms with van der Waals surface area (Å²) in [5, 5.41) is 16.1. The highest BCUT2D eigenvalue weighted by Gasteiger charge is 2.24. The largest absolute Gasteiger partial charge is 0.496 e. The number of hydrogen-bond donors (Lipinski definition) is 3. The summed E-state index contributed by atoms with van der Waals surface area (Å²) in [6, 6.07) is 14.8. The van der Waals surface area contributed by atoms with E-state index in [9.17, 15) is 14.9 Å². The van der Waals surface area contributed by atoms with Gasteiger partial charge in [0.05, 0.1) is 34.8 Å². The molecular weight excluding hydrogens is 480 g/mol. The molecule has 0 aliphatic heterocycles. The molecule has 2 amide bonds. The summed E-state index contributed by atoms with van der Waals surface area (Å²) in [5.74, 6) is 0.112. The number of nitrogen functional groups attached to an aromatic ring is 1. The zero-order chi connectivity index (χ0) is 27.6. The van der Waals surface area contributed by atoms with Gasteiger partial charge in [0.15, 0.2) is 0 Å². The number of rotatable bonds is 7. The molecule has 0 aliphatic carbocycles. The number of nitrogens with one attached hydrogen (secondary N) is 2. The van der Waals surface area contributed by atoms with Crippen molar-refractivity contribution in [3.05, 3.63) is 72.4 Å². The SMILES string of the molecule is C=CC(=O)Nc1ccc(-c2c(-c3ccc(C(=O)NC(C)C)c(OC)c3)c3c(N)ncc(C#N)c3n2C)cc1. The number of anilines is 2. The first-order chi connectivity index (χ1) is 18.2. The molecule has 4 aromatic rings. The van der Waals surface area contributed by atoms with Crippen LogP contribution in [-0.4, -0.2) is 34.5 Å². The number of nitriles is 1. The van der Waals surface area contributed by atoms with Gasteiger partial charge >= 0.3 is 0 Å². The molecule has 4 rings (SSSR count). The predicted molar refractivity (Wildman–Crippen MR) is 149 cm³/mol. The van der Waals surface area contributed by atoms with Crippen molar-refractivity contribution in [2.24, 2.45) is 7.05 Å². The maximum absolute atomic E-state index is 12.8. The fourth-order valence-electron chi connectivity index (χ4n) is 4.49. The van der Waals surface area contributed by atoms with Crippen LogP contribution in [0.3, 0.4) is 0 Å². The van der Waals surface area contributed by atoms with E-state index in [0.29, 0.717) is 33.5 Å². The number of carbonyl (C=O) groups is 2. The molecule has 0 saturated carbocycles. The predicted octanol–water partition coefficient (Wildman–Crippen LogP) is 4.63. The molecule has 0 unspecified atom stereocenters. The summed E-state index contributed by atoms with van der Waals surface area (Å²) in [6.07, 6.45) is 2.66. The van der Waals surface area contributed by atoms with Crippen molar-refractivity contribution >= 4 is 34.2 Å². The topological polar surface area (TPSA) is 135 Å². The molecule has 0 fully saturated rings. The zero-order valence-corrected chi connectivity index (χ0v) is 21.6. The Morgan fingerprint density at radius 2 is 1.87 bits per heavy atom. The van der Waals surface area contributed by atoms with E-state index in [-0.39, 0.29) is 23.7 Å². The lowest BCUT2D eigenvalue weighted by Gasteiger charge is -2.14. The van der Waals surface area contributed by atoms with E-state index in [4.69, 9.17) is 10.5 Å². The molecule has 4 N–H and O–H groups in total. The highest BCUT2D eigenvalue weighted by molar-refractivity contribution is 6.11. The molecule has 2 aromatic carbocycles. The molecule has 0 spiro atoms. The molecule has 0 radical (unpaired) electrons. The first kappa shape index (κ1) is 26.0. The maximum atomic E-state index is 12.8. The number of benzene rings is 2. The third-order valence-corrected chi connectivity index (χ3v) is 6.12. The molecule has 0 bridgehead atoms. The third kappa shape index (κ3) is 4.67. The van der Waals surface area contributed by atoms with Gasteiger partial charge in [-0.2, -0.15) is 5.26 Å². The molecule has 2 heterocycles. The van der Waals surface area contributed by atoms with Gasteiger partial charge in [-0.3, -0.25) is 9.59 Å². The quantitative estimate of drug-likeness (QED) is 0.312. The number of pyridine rings is 1. The Morgan fingerprint density at radius 1 is 1.18 bits per heavy atom. The van der Waals surface area contributed by atoms with Gasteiger partial charge in [-0.1, -0.05) is 24.8 Å². The minimum absolute atomic E-state index is 0.0361. The number of nitrogens with two attached hydrogens (primary N) is 1. The van der Waals surface area contributed by atoms with Crippen LogP contribution in [0.4, 0.5) is 11.5 Å². The van der Waals surface area contributed by atoms with Crippen LogP contribution >= 0.6 is 0 Å². The molecule has 2 aromatic heterocycles. The van der Waals surface area contributed by atoms with Gasteiger partial charge in [-0.25, -0.2) is 4.98 Å². The fraction of sp³-hybridized carbons (Fsp3) is 0.172. The number of aromatic nitrogens is 2. The van der Waals surface area contributed by atoms with Crippen LogP contribution in [0.25, 0.3) is 33.3 Å². The van der Waals surface area contributed by atoms with Crippen LogP contribution in [0.15, 0.2) is 61.3 Å². The average Bonchev–Trinajstić information content (AvgIpc) is 3.22. The van der Waals surface area contributed by atoms with Gasteiger partial charge in [0.25, 0.3) is 5.91 Å². The normalized spacial score (nSPS) is 10.7. The highest BCUT2D eigenvalue weighted by Crippen LogP contribution is 2.44. The fourth-order valence-corrected chi connectivity index (χ4v) is 4.49. The van der Waals surface area contributed by atoms with Crippen LogP contribution in [0, 0.1) is 11.3 Å². The smallest absolute Gasteiger partial charge is 0.255 e. The minimum atomic E-state index is -0.311. The molecule has 9 nitrogen and oxygen atoms in total. The van der Waals surface area contributed by atoms with Crippen molar-refractivity contribution in [3.63, 3.8) is 0 Å². The van der Waals surface area contributed by atoms with Crippen LogP contribution < -0.4 is 21.1 Å². The number of nitrogens with zero attached hydrogens (tertiary/aromatic N) is 3. The third-order valence-electron chi connectivity index (χ3n) is 6.12. The Hall–Kier alpha value is -5.10. The van der Waals surface area contributed by atoms with Crippen LogP contribution in [0.1, 0.15) is 29.8 Å². The van der Waals surface area contributed by atoms with Crippen molar-refractivity contribution in [1.82, 2.24) is 14.9 Å². The van der Waals surface area contributed by atoms with Crippen molar-refractivity contribution in [1.29, 1.82) is 5.26 Å². The number of fused-ring (bicyclic) bond motifs is 1. The van der Waals surface area contributed by atoms with E-state index in [1.165, 1.54) is 19.4 Å². The number of aryl methyl sites for hydroxylation is 1. The molecule has 38 heavy (non-hydrogen) atoms. The Morgan fingerprint density at radius 3 is 2.47 bits per heavy atom. The van der Waals surface area contributed by atoms with Gasteiger partial charge in [-0.05, 0) is 55.3 Å². The first-order valence-corrected chi connectivity index (χ1v) is 11.9. The molecule has 0 atom stereocenters. The summed E-state index contributed by atoms with van der Waals surface area (Å²) in [7, 11) is 3.37. The van der Waals surface area contributed by atoms with Gasteiger partial charge in [0.2, 0.25) is 5.91 Å². The monoisotopic (exact) mass is 508 g/mol. The standard InChI is InChI=1S/C29H28N6O3/c1-6-23(36)34-20-10-7-17(8-11-20)26-24(25-27(35(26)4)19(14-30)15-32-28(25)31)18-9-12-21(22(13-18)38-5)29(37)33-16(2)3/h6-13,15-16H,1H2,2-5H3,(H2,31,32)(H,33,37)(H,34,36). The number of carbonyl (C=O) groups excluding carboxylic acids is 2. The Bertz CT molecular complexity index is 1610. The average molecular weight is 509 g/mol. The highest BCUT2D eigenvalue weighted by atomic mass is 16.5. The van der Waals surface area contributed by atoms with E-state index in [1.54, 1.807) is 24.3 Å². The summed E-state index contributed by atoms with van der Waals surface area (Å²) in [5.41, 5.74) is 11.5. The lowest BCUT2D eigenvalue weighted by atomic mass is 9.96. The summed E-state index contributed by atoms with van der Waals surface area (Å²) >= 11 is 0. The zero-order valence-electron chi connectivity index (χ0n) is 21.6. The van der Waals surface area contributed by atoms with E-state index in [1.807, 2.05) is 43.7 Å². The van der Waals surface area contributed by atoms with Crippen LogP contribution in [-0.2, 0) is 11.8 Å². The van der Waals surface area contributed by atoms with Gasteiger partial charge in [0.1, 0.15) is 17.6 Å². The Labute approximate surface area is 220 Å². The molecular formula is C29H28N6O3. The van der Waals surface area contributed by atoms with Crippen LogP contribution in [0.2, 0.25) is 0 Å². The van der Waals surface area contributed by atoms with Crippen molar-refractivity contribution < 1.29 is 14.3 Å². The first-order valence-electron chi connectivity index (χ1n) is 11.9. The van der Waals surface area contributed by atoms with Gasteiger partial charge in [0, 0.05) is 30.5 Å². The van der Waals surface area contributed by atoms with Crippen molar-refractivity contribution in [2.45, 2.75) is 19.9 Å². The van der Waals surface area contributed by atoms with Crippen LogP contribution in [0.5, 0.6) is 5.75 Å². The molecule has 0 aliphatic rings. The van der Waals surface area contributed by atoms with Crippen molar-refractivity contribution in [2.75, 3.05) is 18.2 Å². The Kier molecular flexibility index (Phi) is 7.17. The molecule has 192 valence electrons. The second kappa shape index (κ2) is 10.5. The van der Waals surface area contributed by atoms with E-state index in [0.717, 1.165) is 22.4 Å². The number of hydrogen-bond acceptors (Lipinski definition) is 6. The number of ether oxygens (including phenoxy) is 1. The second-order valence-corrected chi connectivity index (χ2v) is 8.99. The molecule has 0 saturated heterocycles. The van der Waals surface area contributed by atoms with E-state index >= 15 is 0 Å². The second-order valence-electron chi connectivity index (χ2n) is 8.99. The lowest BCUT2D eigenvalue weighted by Crippen LogP contribution is -2.30. The molecule has 9 heteroatoms. The minimum Gasteiger partial charge on any atom is -0.496 e. The summed E-state index contributed by atoms with van der Waals surface area (Å²) in [4.78, 5) is 28.8. The lowest BCUT2D eigenvalue weighted by molar-refractivity contribution is -0.111. The summed E-state index contributed by atoms with van der Waals surface area (Å²) < 4.78 is 7.51. The maximum Gasteiger partial charge on any atom is 0.255 e. The van der Waals surface area contributed by atoms with Gasteiger partial charge in [-0.15, -0.1) is 0 Å². The summed E-state index contributed by atoms with van der Waals surface area (Å²) in [6.45, 7) is 7.25. The van der Waals surface area contributed by atoms with E-state index < -0.39 is 0 Å². The Balaban J connectivity index is 1.99. The number of methoxy groups -OCH3 is 1. The number of amides is 2. The van der Waals surface area contributed by atoms with Crippen molar-refractivity contribution in [3.8, 4) is 34.2 Å². The van der Waals surface area contributed by atoms with E-state index in [2.05, 4.69) is 28.3 Å².